The van der Waals surface area contributed by atoms with Gasteiger partial charge in [0.05, 0.1) is 18.6 Å². The summed E-state index contributed by atoms with van der Waals surface area (Å²) in [7, 11) is 0. The number of carbonyl (C=O) groups excluding carboxylic acids is 3. The van der Waals surface area contributed by atoms with Gasteiger partial charge in [0.2, 0.25) is 11.8 Å². The van der Waals surface area contributed by atoms with E-state index in [0.717, 1.165) is 16.7 Å². The number of hydrogen-bond donors (Lipinski definition) is 4. The van der Waals surface area contributed by atoms with Crippen LogP contribution in [-0.2, 0) is 32.9 Å². The molecule has 42 heavy (non-hydrogen) atoms. The number of nitrogens with two attached hydrogens (primary N) is 1. The monoisotopic (exact) mass is 569 g/mol. The molecule has 2 saturated heterocycles. The lowest BCUT2D eigenvalue weighted by atomic mass is 9.72. The largest absolute Gasteiger partial charge is 0.374 e. The van der Waals surface area contributed by atoms with Crippen molar-refractivity contribution in [3.05, 3.63) is 107 Å². The van der Waals surface area contributed by atoms with Crippen LogP contribution >= 0.6 is 0 Å². The summed E-state index contributed by atoms with van der Waals surface area (Å²) in [6, 6.07) is 25.5. The fourth-order valence-corrected chi connectivity index (χ4v) is 5.78. The number of nitrogens with zero attached hydrogens (tertiary/aromatic N) is 1. The van der Waals surface area contributed by atoms with E-state index in [-0.39, 0.29) is 31.0 Å². The molecular formula is C33H39N5O4. The molecule has 5 N–H and O–H groups in total. The fourth-order valence-electron chi connectivity index (χ4n) is 5.78. The van der Waals surface area contributed by atoms with Crippen molar-refractivity contribution in [2.75, 3.05) is 19.7 Å². The topological polar surface area (TPSA) is 126 Å². The summed E-state index contributed by atoms with van der Waals surface area (Å²) >= 11 is 0. The Morgan fingerprint density at radius 2 is 1.74 bits per heavy atom. The van der Waals surface area contributed by atoms with Gasteiger partial charge in [0.1, 0.15) is 6.04 Å². The molecule has 220 valence electrons. The predicted molar refractivity (Wildman–Crippen MR) is 160 cm³/mol. The van der Waals surface area contributed by atoms with Crippen molar-refractivity contribution >= 4 is 17.7 Å². The number of likely N-dealkylation sites (tertiary alicyclic amines) is 1. The number of amides is 3. The number of carbonyl (C=O) groups is 3. The van der Waals surface area contributed by atoms with E-state index in [1.807, 2.05) is 80.6 Å². The molecule has 2 aliphatic rings. The molecule has 3 aromatic carbocycles. The number of benzene rings is 3. The van der Waals surface area contributed by atoms with Crippen molar-refractivity contribution in [3.63, 3.8) is 0 Å². The minimum atomic E-state index is -0.946. The Kier molecular flexibility index (Phi) is 8.72. The molecule has 3 aromatic rings. The zero-order valence-electron chi connectivity index (χ0n) is 24.1. The van der Waals surface area contributed by atoms with Crippen LogP contribution in [0.4, 0.5) is 0 Å². The van der Waals surface area contributed by atoms with Gasteiger partial charge in [-0.25, -0.2) is 5.43 Å². The maximum Gasteiger partial charge on any atom is 0.252 e. The molecule has 3 amide bonds. The normalized spacial score (nSPS) is 20.9. The van der Waals surface area contributed by atoms with Gasteiger partial charge in [0.15, 0.2) is 0 Å². The Morgan fingerprint density at radius 1 is 1.05 bits per heavy atom. The summed E-state index contributed by atoms with van der Waals surface area (Å²) < 4.78 is 5.96. The van der Waals surface area contributed by atoms with E-state index in [4.69, 9.17) is 10.5 Å². The molecule has 0 bridgehead atoms. The average molecular weight is 570 g/mol. The third kappa shape index (κ3) is 6.54. The SMILES string of the molecule is CC(C)(N)c1cccc(C(=O)NC(COCc2ccccc2)C(=O)N2CCC3NNC(=O)C3(Cc3ccccc3)C2)c1. The molecule has 3 unspecified atom stereocenters. The highest BCUT2D eigenvalue weighted by atomic mass is 16.5. The van der Waals surface area contributed by atoms with E-state index < -0.39 is 22.9 Å². The minimum Gasteiger partial charge on any atom is -0.374 e. The highest BCUT2D eigenvalue weighted by molar-refractivity contribution is 5.98. The Morgan fingerprint density at radius 3 is 2.43 bits per heavy atom. The van der Waals surface area contributed by atoms with Gasteiger partial charge in [-0.1, -0.05) is 72.8 Å². The number of hydrogen-bond acceptors (Lipinski definition) is 6. The van der Waals surface area contributed by atoms with Crippen LogP contribution in [0.1, 0.15) is 47.3 Å². The van der Waals surface area contributed by atoms with Crippen molar-refractivity contribution in [3.8, 4) is 0 Å². The molecular weight excluding hydrogens is 530 g/mol. The second-order valence-electron chi connectivity index (χ2n) is 11.8. The third-order valence-electron chi connectivity index (χ3n) is 8.18. The van der Waals surface area contributed by atoms with Gasteiger partial charge in [-0.2, -0.15) is 0 Å². The van der Waals surface area contributed by atoms with Gasteiger partial charge in [0.25, 0.3) is 5.91 Å². The van der Waals surface area contributed by atoms with Crippen LogP contribution in [0.15, 0.2) is 84.9 Å². The van der Waals surface area contributed by atoms with Crippen LogP contribution in [0.5, 0.6) is 0 Å². The summed E-state index contributed by atoms with van der Waals surface area (Å²) in [6.07, 6.45) is 1.08. The number of rotatable bonds is 10. The van der Waals surface area contributed by atoms with Crippen LogP contribution in [-0.4, -0.2) is 54.4 Å². The number of nitrogens with one attached hydrogen (secondary N) is 3. The van der Waals surface area contributed by atoms with Crippen molar-refractivity contribution in [2.24, 2.45) is 11.1 Å². The van der Waals surface area contributed by atoms with Crippen LogP contribution in [0.3, 0.4) is 0 Å². The zero-order chi connectivity index (χ0) is 29.7. The molecule has 0 aliphatic carbocycles. The quantitative estimate of drug-likeness (QED) is 0.298. The molecule has 2 fully saturated rings. The van der Waals surface area contributed by atoms with Crippen molar-refractivity contribution in [2.45, 2.75) is 50.9 Å². The lowest BCUT2D eigenvalue weighted by molar-refractivity contribution is -0.142. The first-order chi connectivity index (χ1) is 20.2. The lowest BCUT2D eigenvalue weighted by Crippen LogP contribution is -2.60. The van der Waals surface area contributed by atoms with Gasteiger partial charge in [-0.3, -0.25) is 19.8 Å². The molecule has 0 radical (unpaired) electrons. The first-order valence-electron chi connectivity index (χ1n) is 14.4. The average Bonchev–Trinajstić information content (AvgIpc) is 3.31. The number of fused-ring (bicyclic) bond motifs is 1. The summed E-state index contributed by atoms with van der Waals surface area (Å²) in [5.41, 5.74) is 14.0. The standard InChI is InChI=1S/C33H39N5O4/c1-32(2,34)26-15-9-14-25(18-26)29(39)35-27(21-42-20-24-12-7-4-8-13-24)30(40)38-17-16-28-33(22-38,31(41)37-36-28)19-23-10-5-3-6-11-23/h3-15,18,27-28,36H,16-17,19-22,34H2,1-2H3,(H,35,39)(H,37,41). The number of hydrazine groups is 1. The van der Waals surface area contributed by atoms with E-state index >= 15 is 0 Å². The molecule has 3 atom stereocenters. The molecule has 9 heteroatoms. The van der Waals surface area contributed by atoms with E-state index in [1.54, 1.807) is 23.1 Å². The Hall–Kier alpha value is -4.05. The summed E-state index contributed by atoms with van der Waals surface area (Å²) in [5.74, 6) is -0.801. The van der Waals surface area contributed by atoms with E-state index in [0.29, 0.717) is 31.6 Å². The lowest BCUT2D eigenvalue weighted by Gasteiger charge is -2.43. The van der Waals surface area contributed by atoms with E-state index in [9.17, 15) is 14.4 Å². The first kappa shape index (κ1) is 29.4. The maximum atomic E-state index is 14.1. The van der Waals surface area contributed by atoms with Crippen molar-refractivity contribution in [1.82, 2.24) is 21.1 Å². The van der Waals surface area contributed by atoms with Gasteiger partial charge in [0, 0.05) is 30.2 Å². The molecule has 0 aromatic heterocycles. The van der Waals surface area contributed by atoms with Gasteiger partial charge < -0.3 is 20.7 Å². The molecule has 2 heterocycles. The second kappa shape index (κ2) is 12.4. The maximum absolute atomic E-state index is 14.1. The number of piperidine rings is 1. The zero-order valence-corrected chi connectivity index (χ0v) is 24.1. The Labute approximate surface area is 246 Å². The summed E-state index contributed by atoms with van der Waals surface area (Å²) in [4.78, 5) is 42.5. The predicted octanol–water partition coefficient (Wildman–Crippen LogP) is 2.66. The van der Waals surface area contributed by atoms with Gasteiger partial charge >= 0.3 is 0 Å². The van der Waals surface area contributed by atoms with Crippen LogP contribution in [0.25, 0.3) is 0 Å². The van der Waals surface area contributed by atoms with Gasteiger partial charge in [-0.15, -0.1) is 0 Å². The van der Waals surface area contributed by atoms with Crippen molar-refractivity contribution < 1.29 is 19.1 Å². The Balaban J connectivity index is 1.36. The van der Waals surface area contributed by atoms with E-state index in [2.05, 4.69) is 16.2 Å². The molecule has 0 saturated carbocycles. The molecule has 9 nitrogen and oxygen atoms in total. The molecule has 5 rings (SSSR count). The summed E-state index contributed by atoms with van der Waals surface area (Å²) in [6.45, 7) is 4.70. The Bertz CT molecular complexity index is 1410. The first-order valence-corrected chi connectivity index (χ1v) is 14.4. The van der Waals surface area contributed by atoms with Crippen LogP contribution < -0.4 is 21.9 Å². The van der Waals surface area contributed by atoms with Gasteiger partial charge in [-0.05, 0) is 55.5 Å². The minimum absolute atomic E-state index is 0.0163. The fraction of sp³-hybridized carbons (Fsp3) is 0.364. The highest BCUT2D eigenvalue weighted by Crippen LogP contribution is 2.37. The van der Waals surface area contributed by atoms with E-state index in [1.165, 1.54) is 0 Å². The summed E-state index contributed by atoms with van der Waals surface area (Å²) in [5, 5.41) is 2.92. The smallest absolute Gasteiger partial charge is 0.252 e. The van der Waals surface area contributed by atoms with Crippen LogP contribution in [0.2, 0.25) is 0 Å². The van der Waals surface area contributed by atoms with Crippen LogP contribution in [0, 0.1) is 5.41 Å². The van der Waals surface area contributed by atoms with Crippen molar-refractivity contribution in [1.29, 1.82) is 0 Å². The molecule has 2 aliphatic heterocycles. The number of ether oxygens (including phenoxy) is 1. The molecule has 0 spiro atoms. The third-order valence-corrected chi connectivity index (χ3v) is 8.18. The second-order valence-corrected chi connectivity index (χ2v) is 11.8. The highest BCUT2D eigenvalue weighted by Gasteiger charge is 2.54.